The Kier molecular flexibility index (Phi) is 4.80. The number of hydrogen-bond donors (Lipinski definition) is 3. The minimum atomic E-state index is -0.214. The third-order valence-corrected chi connectivity index (χ3v) is 5.46. The molecule has 0 aromatic carbocycles. The summed E-state index contributed by atoms with van der Waals surface area (Å²) in [5, 5.41) is 20.3. The van der Waals surface area contributed by atoms with Gasteiger partial charge in [-0.1, -0.05) is 27.2 Å². The summed E-state index contributed by atoms with van der Waals surface area (Å²) in [6.45, 7) is 7.16. The standard InChI is InChI=1S/C17H29N5O2/c1-11(2)14-20-15-12(6-5-9-22(15)21-14)18-16(24)19-13-7-4-8-17(13,3)10-23/h11-13,23H,4-10H2,1-3H3,(H2,18,19,24). The highest BCUT2D eigenvalue weighted by molar-refractivity contribution is 5.74. The minimum absolute atomic E-state index is 0.0233. The number of fused-ring (bicyclic) bond motifs is 1. The molecule has 0 radical (unpaired) electrons. The average molecular weight is 335 g/mol. The van der Waals surface area contributed by atoms with E-state index in [-0.39, 0.29) is 36.1 Å². The van der Waals surface area contributed by atoms with Crippen LogP contribution in [0.15, 0.2) is 0 Å². The van der Waals surface area contributed by atoms with Crippen LogP contribution >= 0.6 is 0 Å². The van der Waals surface area contributed by atoms with Crippen LogP contribution in [0.5, 0.6) is 0 Å². The maximum Gasteiger partial charge on any atom is 0.315 e. The first kappa shape index (κ1) is 17.2. The molecule has 0 spiro atoms. The van der Waals surface area contributed by atoms with E-state index in [0.29, 0.717) is 0 Å². The summed E-state index contributed by atoms with van der Waals surface area (Å²) in [5.74, 6) is 1.97. The number of nitrogens with one attached hydrogen (secondary N) is 2. The molecule has 1 aliphatic heterocycles. The molecule has 3 rings (SSSR count). The lowest BCUT2D eigenvalue weighted by molar-refractivity contribution is 0.120. The molecule has 2 amide bonds. The Bertz CT molecular complexity index is 600. The maximum absolute atomic E-state index is 12.5. The van der Waals surface area contributed by atoms with Crippen molar-refractivity contribution in [1.82, 2.24) is 25.4 Å². The van der Waals surface area contributed by atoms with Crippen molar-refractivity contribution in [2.45, 2.75) is 77.4 Å². The number of aliphatic hydroxyl groups is 1. The molecule has 3 atom stereocenters. The van der Waals surface area contributed by atoms with Crippen molar-refractivity contribution in [2.75, 3.05) is 6.61 Å². The fraction of sp³-hybridized carbons (Fsp3) is 0.824. The van der Waals surface area contributed by atoms with Crippen molar-refractivity contribution in [3.05, 3.63) is 11.6 Å². The smallest absolute Gasteiger partial charge is 0.315 e. The number of amides is 2. The zero-order valence-electron chi connectivity index (χ0n) is 14.9. The first-order valence-electron chi connectivity index (χ1n) is 9.05. The lowest BCUT2D eigenvalue weighted by Crippen LogP contribution is -2.49. The van der Waals surface area contributed by atoms with E-state index in [4.69, 9.17) is 0 Å². The van der Waals surface area contributed by atoms with Crippen LogP contribution in [-0.4, -0.2) is 38.6 Å². The third-order valence-electron chi connectivity index (χ3n) is 5.46. The zero-order chi connectivity index (χ0) is 17.3. The van der Waals surface area contributed by atoms with Gasteiger partial charge in [0, 0.05) is 23.9 Å². The molecule has 0 saturated heterocycles. The van der Waals surface area contributed by atoms with E-state index in [1.807, 2.05) is 11.6 Å². The van der Waals surface area contributed by atoms with Gasteiger partial charge in [0.05, 0.1) is 12.6 Å². The second-order valence-corrected chi connectivity index (χ2v) is 7.78. The number of carbonyl (C=O) groups excluding carboxylic acids is 1. The van der Waals surface area contributed by atoms with Gasteiger partial charge in [0.25, 0.3) is 0 Å². The second kappa shape index (κ2) is 6.70. The van der Waals surface area contributed by atoms with Crippen LogP contribution in [0.1, 0.15) is 76.5 Å². The third kappa shape index (κ3) is 3.27. The molecule has 3 N–H and O–H groups in total. The van der Waals surface area contributed by atoms with Gasteiger partial charge in [-0.15, -0.1) is 0 Å². The Morgan fingerprint density at radius 1 is 1.38 bits per heavy atom. The number of carbonyl (C=O) groups is 1. The van der Waals surface area contributed by atoms with Crippen molar-refractivity contribution >= 4 is 6.03 Å². The van der Waals surface area contributed by atoms with E-state index in [1.165, 1.54) is 0 Å². The van der Waals surface area contributed by atoms with Crippen LogP contribution in [0, 0.1) is 5.41 Å². The molecule has 1 saturated carbocycles. The topological polar surface area (TPSA) is 92.1 Å². The van der Waals surface area contributed by atoms with Crippen molar-refractivity contribution in [2.24, 2.45) is 5.41 Å². The monoisotopic (exact) mass is 335 g/mol. The maximum atomic E-state index is 12.5. The Morgan fingerprint density at radius 2 is 2.17 bits per heavy atom. The summed E-state index contributed by atoms with van der Waals surface area (Å²) < 4.78 is 1.93. The number of aryl methyl sites for hydroxylation is 1. The van der Waals surface area contributed by atoms with Crippen LogP contribution in [-0.2, 0) is 6.54 Å². The van der Waals surface area contributed by atoms with E-state index in [1.54, 1.807) is 0 Å². The Labute approximate surface area is 143 Å². The largest absolute Gasteiger partial charge is 0.396 e. The predicted octanol–water partition coefficient (Wildman–Crippen LogP) is 2.09. The van der Waals surface area contributed by atoms with Crippen LogP contribution in [0.25, 0.3) is 0 Å². The highest BCUT2D eigenvalue weighted by Gasteiger charge is 2.39. The SMILES string of the molecule is CC(C)c1nc2n(n1)CCCC2NC(=O)NC1CCCC1(C)CO. The molecular weight excluding hydrogens is 306 g/mol. The normalized spacial score (nSPS) is 29.5. The van der Waals surface area contributed by atoms with Crippen LogP contribution in [0.2, 0.25) is 0 Å². The first-order valence-corrected chi connectivity index (χ1v) is 9.05. The van der Waals surface area contributed by atoms with Crippen molar-refractivity contribution in [1.29, 1.82) is 0 Å². The molecule has 2 aliphatic rings. The lowest BCUT2D eigenvalue weighted by Gasteiger charge is -2.31. The highest BCUT2D eigenvalue weighted by atomic mass is 16.3. The van der Waals surface area contributed by atoms with Gasteiger partial charge in [-0.2, -0.15) is 5.10 Å². The van der Waals surface area contributed by atoms with Gasteiger partial charge in [0.15, 0.2) is 5.82 Å². The lowest BCUT2D eigenvalue weighted by atomic mass is 9.86. The predicted molar refractivity (Wildman–Crippen MR) is 90.6 cm³/mol. The molecule has 1 fully saturated rings. The molecular formula is C17H29N5O2. The van der Waals surface area contributed by atoms with E-state index in [2.05, 4.69) is 34.6 Å². The van der Waals surface area contributed by atoms with Crippen LogP contribution < -0.4 is 10.6 Å². The van der Waals surface area contributed by atoms with E-state index in [9.17, 15) is 9.90 Å². The van der Waals surface area contributed by atoms with Crippen LogP contribution in [0.4, 0.5) is 4.79 Å². The Morgan fingerprint density at radius 3 is 2.88 bits per heavy atom. The molecule has 24 heavy (non-hydrogen) atoms. The summed E-state index contributed by atoms with van der Waals surface area (Å²) in [4.78, 5) is 17.1. The fourth-order valence-corrected chi connectivity index (χ4v) is 3.78. The van der Waals surface area contributed by atoms with Gasteiger partial charge in [0.1, 0.15) is 5.82 Å². The fourth-order valence-electron chi connectivity index (χ4n) is 3.78. The van der Waals surface area contributed by atoms with Gasteiger partial charge in [0.2, 0.25) is 0 Å². The van der Waals surface area contributed by atoms with E-state index >= 15 is 0 Å². The summed E-state index contributed by atoms with van der Waals surface area (Å²) in [7, 11) is 0. The highest BCUT2D eigenvalue weighted by Crippen LogP contribution is 2.37. The second-order valence-electron chi connectivity index (χ2n) is 7.78. The van der Waals surface area contributed by atoms with Gasteiger partial charge >= 0.3 is 6.03 Å². The molecule has 2 heterocycles. The Balaban J connectivity index is 1.66. The molecule has 0 bridgehead atoms. The molecule has 1 aromatic rings. The molecule has 1 aromatic heterocycles. The van der Waals surface area contributed by atoms with E-state index < -0.39 is 0 Å². The summed E-state index contributed by atoms with van der Waals surface area (Å²) >= 11 is 0. The van der Waals surface area contributed by atoms with Crippen molar-refractivity contribution < 1.29 is 9.90 Å². The van der Waals surface area contributed by atoms with Crippen LogP contribution in [0.3, 0.4) is 0 Å². The van der Waals surface area contributed by atoms with Crippen molar-refractivity contribution in [3.63, 3.8) is 0 Å². The molecule has 1 aliphatic carbocycles. The first-order chi connectivity index (χ1) is 11.4. The number of nitrogens with zero attached hydrogens (tertiary/aromatic N) is 3. The minimum Gasteiger partial charge on any atom is -0.396 e. The summed E-state index contributed by atoms with van der Waals surface area (Å²) in [6, 6.07) is -0.246. The quantitative estimate of drug-likeness (QED) is 0.785. The molecule has 134 valence electrons. The van der Waals surface area contributed by atoms with Gasteiger partial charge in [-0.3, -0.25) is 0 Å². The molecule has 3 unspecified atom stereocenters. The molecule has 7 nitrogen and oxygen atoms in total. The van der Waals surface area contributed by atoms with Gasteiger partial charge in [-0.25, -0.2) is 14.5 Å². The van der Waals surface area contributed by atoms with Gasteiger partial charge < -0.3 is 15.7 Å². The number of aliphatic hydroxyl groups excluding tert-OH is 1. The number of rotatable bonds is 4. The Hall–Kier alpha value is -1.63. The number of urea groups is 1. The number of aromatic nitrogens is 3. The van der Waals surface area contributed by atoms with E-state index in [0.717, 1.165) is 50.3 Å². The van der Waals surface area contributed by atoms with Crippen molar-refractivity contribution in [3.8, 4) is 0 Å². The van der Waals surface area contributed by atoms with Gasteiger partial charge in [-0.05, 0) is 25.7 Å². The number of hydrogen-bond acceptors (Lipinski definition) is 4. The average Bonchev–Trinajstić information content (AvgIpc) is 3.13. The summed E-state index contributed by atoms with van der Waals surface area (Å²) in [6.07, 6.45) is 4.77. The molecule has 7 heteroatoms. The summed E-state index contributed by atoms with van der Waals surface area (Å²) in [5.41, 5.74) is -0.214. The zero-order valence-corrected chi connectivity index (χ0v) is 14.9.